The minimum absolute atomic E-state index is 0.00274. The summed E-state index contributed by atoms with van der Waals surface area (Å²) in [4.78, 5) is 0.395. The molecule has 3 rings (SSSR count). The molecule has 3 aromatic rings. The summed E-state index contributed by atoms with van der Waals surface area (Å²) in [7, 11) is -3.33. The standard InChI is InChI=1S/C17H16N2O2S/c1-14-5-2-3-6-17(14)22(20,21)13-15-7-9-16(10-8-15)19-12-4-11-18-19/h2-12H,13H2,1H3. The maximum absolute atomic E-state index is 12.5. The summed E-state index contributed by atoms with van der Waals surface area (Å²) < 4.78 is 26.8. The molecule has 0 bridgehead atoms. The van der Waals surface area contributed by atoms with Crippen molar-refractivity contribution in [3.05, 3.63) is 78.1 Å². The molecule has 0 spiro atoms. The molecule has 0 radical (unpaired) electrons. The third-order valence-electron chi connectivity index (χ3n) is 3.49. The predicted molar refractivity (Wildman–Crippen MR) is 85.6 cm³/mol. The fourth-order valence-corrected chi connectivity index (χ4v) is 4.00. The quantitative estimate of drug-likeness (QED) is 0.743. The molecule has 2 aromatic carbocycles. The second kappa shape index (κ2) is 5.77. The average Bonchev–Trinajstić information content (AvgIpc) is 3.02. The molecule has 1 heterocycles. The smallest absolute Gasteiger partial charge is 0.182 e. The van der Waals surface area contributed by atoms with Gasteiger partial charge in [-0.2, -0.15) is 5.10 Å². The van der Waals surface area contributed by atoms with Crippen molar-refractivity contribution in [3.8, 4) is 5.69 Å². The minimum Gasteiger partial charge on any atom is -0.241 e. The van der Waals surface area contributed by atoms with Crippen LogP contribution in [0.1, 0.15) is 11.1 Å². The number of rotatable bonds is 4. The van der Waals surface area contributed by atoms with Gasteiger partial charge in [0.05, 0.1) is 16.3 Å². The highest BCUT2D eigenvalue weighted by Crippen LogP contribution is 2.20. The van der Waals surface area contributed by atoms with Gasteiger partial charge in [0.1, 0.15) is 0 Å². The monoisotopic (exact) mass is 312 g/mol. The SMILES string of the molecule is Cc1ccccc1S(=O)(=O)Cc1ccc(-n2cccn2)cc1. The molecule has 4 nitrogen and oxygen atoms in total. The molecule has 0 saturated heterocycles. The molecule has 0 amide bonds. The van der Waals surface area contributed by atoms with Crippen LogP contribution in [0.5, 0.6) is 0 Å². The molecule has 0 aliphatic carbocycles. The molecular weight excluding hydrogens is 296 g/mol. The van der Waals surface area contributed by atoms with E-state index in [4.69, 9.17) is 0 Å². The van der Waals surface area contributed by atoms with E-state index in [9.17, 15) is 8.42 Å². The average molecular weight is 312 g/mol. The number of hydrogen-bond acceptors (Lipinski definition) is 3. The first-order chi connectivity index (χ1) is 10.6. The molecule has 1 aromatic heterocycles. The fraction of sp³-hybridized carbons (Fsp3) is 0.118. The van der Waals surface area contributed by atoms with Crippen molar-refractivity contribution in [1.82, 2.24) is 9.78 Å². The summed E-state index contributed by atoms with van der Waals surface area (Å²) in [6.45, 7) is 1.81. The Hall–Kier alpha value is -2.40. The summed E-state index contributed by atoms with van der Waals surface area (Å²) in [5, 5.41) is 4.15. The van der Waals surface area contributed by atoms with E-state index >= 15 is 0 Å². The number of nitrogens with zero attached hydrogens (tertiary/aromatic N) is 2. The molecule has 0 fully saturated rings. The van der Waals surface area contributed by atoms with Crippen molar-refractivity contribution in [2.45, 2.75) is 17.6 Å². The van der Waals surface area contributed by atoms with Gasteiger partial charge in [0.15, 0.2) is 9.84 Å². The van der Waals surface area contributed by atoms with Gasteiger partial charge in [0.2, 0.25) is 0 Å². The van der Waals surface area contributed by atoms with Gasteiger partial charge < -0.3 is 0 Å². The van der Waals surface area contributed by atoms with E-state index in [0.717, 1.165) is 16.8 Å². The lowest BCUT2D eigenvalue weighted by Crippen LogP contribution is -2.07. The maximum Gasteiger partial charge on any atom is 0.182 e. The fourth-order valence-electron chi connectivity index (χ4n) is 2.37. The van der Waals surface area contributed by atoms with Crippen molar-refractivity contribution in [1.29, 1.82) is 0 Å². The third-order valence-corrected chi connectivity index (χ3v) is 5.33. The maximum atomic E-state index is 12.5. The molecule has 5 heteroatoms. The lowest BCUT2D eigenvalue weighted by atomic mass is 10.2. The van der Waals surface area contributed by atoms with Crippen LogP contribution in [0, 0.1) is 6.92 Å². The van der Waals surface area contributed by atoms with Crippen molar-refractivity contribution in [2.75, 3.05) is 0 Å². The molecule has 112 valence electrons. The minimum atomic E-state index is -3.33. The lowest BCUT2D eigenvalue weighted by molar-refractivity contribution is 0.594. The second-order valence-corrected chi connectivity index (χ2v) is 7.10. The zero-order chi connectivity index (χ0) is 15.6. The highest BCUT2D eigenvalue weighted by molar-refractivity contribution is 7.90. The Bertz CT molecular complexity index is 867. The predicted octanol–water partition coefficient (Wildman–Crippen LogP) is 3.15. The van der Waals surface area contributed by atoms with Crippen LogP contribution in [0.4, 0.5) is 0 Å². The topological polar surface area (TPSA) is 52.0 Å². The second-order valence-electron chi connectivity index (χ2n) is 5.14. The van der Waals surface area contributed by atoms with Crippen LogP contribution < -0.4 is 0 Å². The van der Waals surface area contributed by atoms with Crippen molar-refractivity contribution >= 4 is 9.84 Å². The number of benzene rings is 2. The Labute approximate surface area is 130 Å². The highest BCUT2D eigenvalue weighted by atomic mass is 32.2. The van der Waals surface area contributed by atoms with Gasteiger partial charge in [0.25, 0.3) is 0 Å². The molecule has 22 heavy (non-hydrogen) atoms. The Morgan fingerprint density at radius 2 is 1.73 bits per heavy atom. The Balaban J connectivity index is 1.86. The number of sulfone groups is 1. The van der Waals surface area contributed by atoms with Gasteiger partial charge in [-0.3, -0.25) is 0 Å². The van der Waals surface area contributed by atoms with Crippen LogP contribution >= 0.6 is 0 Å². The van der Waals surface area contributed by atoms with E-state index in [1.807, 2.05) is 55.6 Å². The van der Waals surface area contributed by atoms with E-state index in [-0.39, 0.29) is 5.75 Å². The van der Waals surface area contributed by atoms with Gasteiger partial charge in [-0.05, 0) is 42.3 Å². The zero-order valence-electron chi connectivity index (χ0n) is 12.2. The number of aryl methyl sites for hydroxylation is 1. The van der Waals surface area contributed by atoms with Crippen LogP contribution in [0.25, 0.3) is 5.69 Å². The van der Waals surface area contributed by atoms with E-state index in [1.165, 1.54) is 0 Å². The summed E-state index contributed by atoms with van der Waals surface area (Å²) in [5.74, 6) is -0.00274. The summed E-state index contributed by atoms with van der Waals surface area (Å²) in [5.41, 5.74) is 2.44. The zero-order valence-corrected chi connectivity index (χ0v) is 13.0. The van der Waals surface area contributed by atoms with E-state index in [0.29, 0.717) is 4.90 Å². The van der Waals surface area contributed by atoms with Crippen LogP contribution in [-0.4, -0.2) is 18.2 Å². The summed E-state index contributed by atoms with van der Waals surface area (Å²) in [6, 6.07) is 16.3. The number of aromatic nitrogens is 2. The molecule has 0 N–H and O–H groups in total. The Morgan fingerprint density at radius 1 is 1.00 bits per heavy atom. The largest absolute Gasteiger partial charge is 0.241 e. The third kappa shape index (κ3) is 2.94. The highest BCUT2D eigenvalue weighted by Gasteiger charge is 2.17. The van der Waals surface area contributed by atoms with Gasteiger partial charge in [0, 0.05) is 12.4 Å². The number of hydrogen-bond donors (Lipinski definition) is 0. The van der Waals surface area contributed by atoms with Gasteiger partial charge in [-0.15, -0.1) is 0 Å². The van der Waals surface area contributed by atoms with Crippen LogP contribution in [0.15, 0.2) is 71.9 Å². The van der Waals surface area contributed by atoms with Crippen LogP contribution in [0.3, 0.4) is 0 Å². The molecule has 0 atom stereocenters. The Morgan fingerprint density at radius 3 is 2.36 bits per heavy atom. The van der Waals surface area contributed by atoms with Crippen molar-refractivity contribution in [2.24, 2.45) is 0 Å². The van der Waals surface area contributed by atoms with E-state index in [2.05, 4.69) is 5.10 Å². The summed E-state index contributed by atoms with van der Waals surface area (Å²) in [6.07, 6.45) is 3.55. The molecular formula is C17H16N2O2S. The molecule has 0 saturated carbocycles. The Kier molecular flexibility index (Phi) is 3.81. The van der Waals surface area contributed by atoms with Crippen molar-refractivity contribution < 1.29 is 8.42 Å². The van der Waals surface area contributed by atoms with Crippen molar-refractivity contribution in [3.63, 3.8) is 0 Å². The van der Waals surface area contributed by atoms with E-state index in [1.54, 1.807) is 23.0 Å². The van der Waals surface area contributed by atoms with Gasteiger partial charge >= 0.3 is 0 Å². The van der Waals surface area contributed by atoms with Gasteiger partial charge in [-0.1, -0.05) is 30.3 Å². The normalized spacial score (nSPS) is 11.5. The van der Waals surface area contributed by atoms with Gasteiger partial charge in [-0.25, -0.2) is 13.1 Å². The first-order valence-electron chi connectivity index (χ1n) is 6.94. The van der Waals surface area contributed by atoms with Crippen LogP contribution in [-0.2, 0) is 15.6 Å². The van der Waals surface area contributed by atoms with Crippen LogP contribution in [0.2, 0.25) is 0 Å². The first kappa shape index (κ1) is 14.5. The summed E-state index contributed by atoms with van der Waals surface area (Å²) >= 11 is 0. The first-order valence-corrected chi connectivity index (χ1v) is 8.59. The molecule has 0 aliphatic rings. The molecule has 0 aliphatic heterocycles. The molecule has 0 unspecified atom stereocenters. The van der Waals surface area contributed by atoms with E-state index < -0.39 is 9.84 Å². The lowest BCUT2D eigenvalue weighted by Gasteiger charge is -2.08.